The van der Waals surface area contributed by atoms with Gasteiger partial charge in [0.25, 0.3) is 21.2 Å². The van der Waals surface area contributed by atoms with E-state index < -0.39 is 83.4 Å². The van der Waals surface area contributed by atoms with Crippen molar-refractivity contribution in [3.05, 3.63) is 28.3 Å². The fourth-order valence-electron chi connectivity index (χ4n) is 3.95. The zero-order valence-corrected chi connectivity index (χ0v) is 21.1. The molecule has 22 heteroatoms. The van der Waals surface area contributed by atoms with Crippen LogP contribution in [-0.2, 0) is 27.2 Å². The number of hydrogen-bond acceptors (Lipinski definition) is 18. The summed E-state index contributed by atoms with van der Waals surface area (Å²) in [7, 11) is -11.6. The van der Waals surface area contributed by atoms with E-state index in [1.807, 2.05) is 0 Å². The van der Waals surface area contributed by atoms with Gasteiger partial charge in [-0.2, -0.15) is 4.98 Å². The van der Waals surface area contributed by atoms with Crippen LogP contribution in [0.4, 0.5) is 5.95 Å². The van der Waals surface area contributed by atoms with Crippen molar-refractivity contribution in [2.75, 3.05) is 18.9 Å². The zero-order chi connectivity index (χ0) is 28.9. The molecular weight excluding hydrogens is 576 g/mol. The van der Waals surface area contributed by atoms with Gasteiger partial charge in [0.05, 0.1) is 19.5 Å². The number of nitrogens with two attached hydrogens (primary N) is 1. The lowest BCUT2D eigenvalue weighted by atomic mass is 9.90. The number of rotatable bonds is 9. The van der Waals surface area contributed by atoms with E-state index in [4.69, 9.17) is 10.5 Å². The van der Waals surface area contributed by atoms with E-state index in [1.54, 1.807) is 0 Å². The highest BCUT2D eigenvalue weighted by Gasteiger charge is 2.45. The first kappa shape index (κ1) is 29.8. The summed E-state index contributed by atoms with van der Waals surface area (Å²) in [4.78, 5) is 46.2. The van der Waals surface area contributed by atoms with E-state index in [0.717, 1.165) is 17.0 Å². The Labute approximate surface area is 216 Å². The molecule has 0 bridgehead atoms. The molecule has 1 fully saturated rings. The minimum atomic E-state index is -5.83. The molecule has 2 aliphatic rings. The highest BCUT2D eigenvalue weighted by molar-refractivity contribution is 7.59. The van der Waals surface area contributed by atoms with Crippen LogP contribution in [0.15, 0.2) is 22.8 Å². The number of nitrogens with one attached hydrogen (secondary N) is 1. The molecule has 39 heavy (non-hydrogen) atoms. The number of phosphoric acid groups is 2. The SMILES string of the molecule is Nc1nc2c(ncn2[C@@H]2O[C@H](COP(=O)([O-])OP(=O)([O-])O[C@H]3C=C(CO)[C@@H](O)[C@H](O)[C@H]3O)[C@@H](O)[C@H]2O)c(=O)[nH]1. The van der Waals surface area contributed by atoms with Gasteiger partial charge in [0.15, 0.2) is 17.4 Å². The first-order valence-electron chi connectivity index (χ1n) is 10.9. The first-order valence-corrected chi connectivity index (χ1v) is 13.8. The van der Waals surface area contributed by atoms with Crippen molar-refractivity contribution in [1.82, 2.24) is 19.5 Å². The number of nitrogens with zero attached hydrogens (tertiary/aromatic N) is 3. The van der Waals surface area contributed by atoms with Crippen LogP contribution in [0.5, 0.6) is 0 Å². The quantitative estimate of drug-likeness (QED) is 0.0985. The van der Waals surface area contributed by atoms with Crippen molar-refractivity contribution >= 4 is 32.8 Å². The molecular formula is C17H23N5O15P2-2. The number of aliphatic hydroxyl groups excluding tert-OH is 6. The van der Waals surface area contributed by atoms with Crippen LogP contribution < -0.4 is 21.1 Å². The van der Waals surface area contributed by atoms with Crippen molar-refractivity contribution < 1.29 is 67.7 Å². The van der Waals surface area contributed by atoms with Gasteiger partial charge < -0.3 is 59.9 Å². The molecule has 1 aliphatic heterocycles. The summed E-state index contributed by atoms with van der Waals surface area (Å²) in [5.41, 5.74) is 4.19. The van der Waals surface area contributed by atoms with Gasteiger partial charge in [0, 0.05) is 0 Å². The molecule has 10 atom stereocenters. The Balaban J connectivity index is 1.41. The summed E-state index contributed by atoms with van der Waals surface area (Å²) >= 11 is 0. The highest BCUT2D eigenvalue weighted by atomic mass is 31.3. The Morgan fingerprint density at radius 3 is 2.46 bits per heavy atom. The third kappa shape index (κ3) is 6.14. The van der Waals surface area contributed by atoms with Crippen molar-refractivity contribution in [3.8, 4) is 0 Å². The number of H-pyrrole nitrogens is 1. The molecule has 2 aromatic rings. The molecule has 4 rings (SSSR count). The maximum Gasteiger partial charge on any atom is 0.280 e. The highest BCUT2D eigenvalue weighted by Crippen LogP contribution is 2.57. The number of aromatic nitrogens is 4. The molecule has 0 aromatic carbocycles. The van der Waals surface area contributed by atoms with E-state index in [9.17, 15) is 54.4 Å². The molecule has 0 amide bonds. The monoisotopic (exact) mass is 599 g/mol. The van der Waals surface area contributed by atoms with Gasteiger partial charge in [-0.05, 0) is 11.6 Å². The van der Waals surface area contributed by atoms with Crippen LogP contribution in [-0.4, -0.2) is 106 Å². The smallest absolute Gasteiger partial charge is 0.280 e. The molecule has 2 unspecified atom stereocenters. The minimum absolute atomic E-state index is 0.128. The topological polar surface area (TPSA) is 328 Å². The van der Waals surface area contributed by atoms with E-state index in [2.05, 4.69) is 28.3 Å². The second-order valence-corrected chi connectivity index (χ2v) is 11.4. The summed E-state index contributed by atoms with van der Waals surface area (Å²) < 4.78 is 43.6. The van der Waals surface area contributed by atoms with Gasteiger partial charge >= 0.3 is 0 Å². The summed E-state index contributed by atoms with van der Waals surface area (Å²) in [6.07, 6.45) is -12.4. The molecule has 1 aliphatic carbocycles. The fraction of sp³-hybridized carbons (Fsp3) is 0.588. The van der Waals surface area contributed by atoms with Crippen LogP contribution in [0, 0.1) is 0 Å². The largest absolute Gasteiger partial charge is 0.756 e. The number of imidazole rings is 1. The Kier molecular flexibility index (Phi) is 8.44. The maximum atomic E-state index is 12.2. The van der Waals surface area contributed by atoms with Crippen molar-refractivity contribution in [3.63, 3.8) is 0 Å². The van der Waals surface area contributed by atoms with Crippen LogP contribution in [0.2, 0.25) is 0 Å². The predicted octanol–water partition coefficient (Wildman–Crippen LogP) is -5.31. The summed E-state index contributed by atoms with van der Waals surface area (Å²) in [6.45, 7) is -1.91. The number of aliphatic hydroxyl groups is 6. The van der Waals surface area contributed by atoms with Crippen LogP contribution in [0.1, 0.15) is 6.23 Å². The second kappa shape index (κ2) is 11.0. The Morgan fingerprint density at radius 2 is 1.79 bits per heavy atom. The molecule has 0 saturated carbocycles. The molecule has 0 spiro atoms. The third-order valence-electron chi connectivity index (χ3n) is 5.86. The second-order valence-electron chi connectivity index (χ2n) is 8.49. The fourth-order valence-corrected chi connectivity index (χ4v) is 6.09. The molecule has 218 valence electrons. The van der Waals surface area contributed by atoms with Gasteiger partial charge in [0.1, 0.15) is 42.7 Å². The molecule has 0 radical (unpaired) electrons. The number of nitrogen functional groups attached to an aromatic ring is 1. The van der Waals surface area contributed by atoms with E-state index in [0.29, 0.717) is 0 Å². The summed E-state index contributed by atoms with van der Waals surface area (Å²) in [5, 5.41) is 59.3. The lowest BCUT2D eigenvalue weighted by Crippen LogP contribution is -2.50. The number of phosphoric ester groups is 2. The Hall–Kier alpha value is -2.13. The van der Waals surface area contributed by atoms with Gasteiger partial charge in [-0.25, -0.2) is 9.29 Å². The standard InChI is InChI=1S/C17H25N5O15P2/c18-17-20-14-8(15(29)21-17)19-4-22(14)16-13(28)11(26)7(35-16)3-34-38(30,31)37-39(32,33)36-6-1-5(2-23)9(24)12(27)10(6)25/h1,4,6-7,9-13,16,23-28H,2-3H2,(H,30,31)(H,32,33)(H3,18,20,21,29)/p-2/t6-,7+,9+,10-,11+,12-,13+,16+/m0/s1. The molecule has 9 N–H and O–H groups in total. The van der Waals surface area contributed by atoms with Crippen LogP contribution in [0.25, 0.3) is 11.2 Å². The van der Waals surface area contributed by atoms with Gasteiger partial charge in [-0.15, -0.1) is 0 Å². The molecule has 2 aromatic heterocycles. The Morgan fingerprint density at radius 1 is 1.10 bits per heavy atom. The number of hydrogen-bond donors (Lipinski definition) is 8. The zero-order valence-electron chi connectivity index (χ0n) is 19.4. The summed E-state index contributed by atoms with van der Waals surface area (Å²) in [5.74, 6) is -0.287. The number of fused-ring (bicyclic) bond motifs is 1. The average molecular weight is 599 g/mol. The molecule has 1 saturated heterocycles. The Bertz CT molecular complexity index is 1400. The minimum Gasteiger partial charge on any atom is -0.756 e. The first-order chi connectivity index (χ1) is 18.1. The van der Waals surface area contributed by atoms with Gasteiger partial charge in [-0.1, -0.05) is 0 Å². The third-order valence-corrected chi connectivity index (χ3v) is 8.43. The number of anilines is 1. The van der Waals surface area contributed by atoms with E-state index >= 15 is 0 Å². The van der Waals surface area contributed by atoms with E-state index in [-0.39, 0.29) is 22.7 Å². The maximum absolute atomic E-state index is 12.2. The van der Waals surface area contributed by atoms with Gasteiger partial charge in [0.2, 0.25) is 5.95 Å². The average Bonchev–Trinajstić information content (AvgIpc) is 3.38. The molecule has 20 nitrogen and oxygen atoms in total. The lowest BCUT2D eigenvalue weighted by Gasteiger charge is -2.38. The normalized spacial score (nSPS) is 34.5. The van der Waals surface area contributed by atoms with E-state index in [1.165, 1.54) is 0 Å². The predicted molar refractivity (Wildman–Crippen MR) is 119 cm³/mol. The lowest BCUT2D eigenvalue weighted by molar-refractivity contribution is -0.249. The van der Waals surface area contributed by atoms with Crippen LogP contribution in [0.3, 0.4) is 0 Å². The number of ether oxygens (including phenoxy) is 1. The van der Waals surface area contributed by atoms with Crippen molar-refractivity contribution in [1.29, 1.82) is 0 Å². The van der Waals surface area contributed by atoms with Crippen LogP contribution >= 0.6 is 15.6 Å². The molecule has 3 heterocycles. The van der Waals surface area contributed by atoms with Crippen molar-refractivity contribution in [2.45, 2.75) is 49.0 Å². The number of aromatic amines is 1. The van der Waals surface area contributed by atoms with Crippen molar-refractivity contribution in [2.24, 2.45) is 0 Å². The summed E-state index contributed by atoms with van der Waals surface area (Å²) in [6, 6.07) is 0. The van der Waals surface area contributed by atoms with Gasteiger partial charge in [-0.3, -0.25) is 23.5 Å².